The molecule has 2 heterocycles. The van der Waals surface area contributed by atoms with Gasteiger partial charge < -0.3 is 9.30 Å². The predicted octanol–water partition coefficient (Wildman–Crippen LogP) is 3.96. The molecule has 1 aromatic carbocycles. The Morgan fingerprint density at radius 1 is 1.23 bits per heavy atom. The van der Waals surface area contributed by atoms with Crippen molar-refractivity contribution in [2.45, 2.75) is 26.3 Å². The molecule has 0 aliphatic rings. The summed E-state index contributed by atoms with van der Waals surface area (Å²) in [6, 6.07) is 5.50. The predicted molar refractivity (Wildman–Crippen MR) is 87.2 cm³/mol. The van der Waals surface area contributed by atoms with Gasteiger partial charge in [0.15, 0.2) is 5.65 Å². The molecule has 0 saturated heterocycles. The summed E-state index contributed by atoms with van der Waals surface area (Å²) in [6.07, 6.45) is 5.58. The molecule has 6 heteroatoms. The summed E-state index contributed by atoms with van der Waals surface area (Å²) < 4.78 is 7.33. The van der Waals surface area contributed by atoms with Crippen molar-refractivity contribution in [3.05, 3.63) is 35.9 Å². The van der Waals surface area contributed by atoms with Gasteiger partial charge in [-0.3, -0.25) is 0 Å². The van der Waals surface area contributed by atoms with Gasteiger partial charge in [0.1, 0.15) is 23.3 Å². The number of fused-ring (bicyclic) bond motifs is 1. The maximum Gasteiger partial charge on any atom is 0.163 e. The Morgan fingerprint density at radius 3 is 2.86 bits per heavy atom. The van der Waals surface area contributed by atoms with Crippen LogP contribution in [0.1, 0.15) is 19.8 Å². The number of aromatic nitrogens is 4. The lowest BCUT2D eigenvalue weighted by Crippen LogP contribution is -1.98. The number of methoxy groups -OCH3 is 1. The minimum Gasteiger partial charge on any atom is -0.497 e. The molecule has 0 saturated carbocycles. The fourth-order valence-electron chi connectivity index (χ4n) is 2.38. The largest absolute Gasteiger partial charge is 0.497 e. The minimum absolute atomic E-state index is 0.615. The molecular formula is C16H17ClN4O. The van der Waals surface area contributed by atoms with Crippen LogP contribution in [0.5, 0.6) is 5.75 Å². The Kier molecular flexibility index (Phi) is 4.24. The van der Waals surface area contributed by atoms with Crippen molar-refractivity contribution in [1.82, 2.24) is 19.5 Å². The summed E-state index contributed by atoms with van der Waals surface area (Å²) in [5.41, 5.74) is 3.12. The number of ether oxygens (including phenoxy) is 1. The second kappa shape index (κ2) is 6.32. The number of imidazole rings is 1. The molecule has 22 heavy (non-hydrogen) atoms. The molecule has 3 rings (SSSR count). The lowest BCUT2D eigenvalue weighted by Gasteiger charge is -2.07. The zero-order chi connectivity index (χ0) is 15.5. The zero-order valence-electron chi connectivity index (χ0n) is 12.6. The number of halogens is 1. The first-order valence-corrected chi connectivity index (χ1v) is 7.62. The van der Waals surface area contributed by atoms with Crippen LogP contribution in [-0.4, -0.2) is 26.6 Å². The van der Waals surface area contributed by atoms with Gasteiger partial charge in [0.05, 0.1) is 18.5 Å². The van der Waals surface area contributed by atoms with Crippen LogP contribution in [0.2, 0.25) is 5.02 Å². The quantitative estimate of drug-likeness (QED) is 0.715. The first kappa shape index (κ1) is 14.8. The van der Waals surface area contributed by atoms with Gasteiger partial charge in [-0.05, 0) is 24.6 Å². The van der Waals surface area contributed by atoms with Crippen LogP contribution in [0.25, 0.3) is 22.4 Å². The van der Waals surface area contributed by atoms with Gasteiger partial charge in [0.25, 0.3) is 0 Å². The SMILES string of the molecule is CCCCn1cnc2c(-c3cc(OC)ccc3Cl)ncnc21. The van der Waals surface area contributed by atoms with E-state index in [1.165, 1.54) is 0 Å². The number of hydrogen-bond donors (Lipinski definition) is 0. The molecule has 5 nitrogen and oxygen atoms in total. The highest BCUT2D eigenvalue weighted by Crippen LogP contribution is 2.33. The van der Waals surface area contributed by atoms with Gasteiger partial charge in [-0.2, -0.15) is 0 Å². The molecule has 0 radical (unpaired) electrons. The van der Waals surface area contributed by atoms with Crippen LogP contribution < -0.4 is 4.74 Å². The minimum atomic E-state index is 0.615. The Bertz CT molecular complexity index is 800. The van der Waals surface area contributed by atoms with Gasteiger partial charge in [-0.15, -0.1) is 0 Å². The molecule has 0 spiro atoms. The maximum absolute atomic E-state index is 6.33. The number of unbranched alkanes of at least 4 members (excludes halogenated alkanes) is 1. The molecule has 0 amide bonds. The Morgan fingerprint density at radius 2 is 2.09 bits per heavy atom. The second-order valence-electron chi connectivity index (χ2n) is 5.03. The molecule has 0 aliphatic heterocycles. The third kappa shape index (κ3) is 2.64. The first-order valence-electron chi connectivity index (χ1n) is 7.24. The average Bonchev–Trinajstić information content (AvgIpc) is 2.96. The van der Waals surface area contributed by atoms with Crippen LogP contribution in [0.4, 0.5) is 0 Å². The lowest BCUT2D eigenvalue weighted by atomic mass is 10.1. The molecule has 0 bridgehead atoms. The Labute approximate surface area is 133 Å². The highest BCUT2D eigenvalue weighted by atomic mass is 35.5. The van der Waals surface area contributed by atoms with Gasteiger partial charge in [0.2, 0.25) is 0 Å². The lowest BCUT2D eigenvalue weighted by molar-refractivity contribution is 0.415. The number of hydrogen-bond acceptors (Lipinski definition) is 4. The third-order valence-corrected chi connectivity index (χ3v) is 3.91. The van der Waals surface area contributed by atoms with E-state index in [2.05, 4.69) is 26.4 Å². The molecule has 0 unspecified atom stereocenters. The van der Waals surface area contributed by atoms with E-state index >= 15 is 0 Å². The van der Waals surface area contributed by atoms with Crippen molar-refractivity contribution in [3.8, 4) is 17.0 Å². The van der Waals surface area contributed by atoms with Crippen LogP contribution >= 0.6 is 11.6 Å². The monoisotopic (exact) mass is 316 g/mol. The van der Waals surface area contributed by atoms with E-state index in [9.17, 15) is 0 Å². The number of aryl methyl sites for hydroxylation is 1. The fraction of sp³-hybridized carbons (Fsp3) is 0.312. The second-order valence-corrected chi connectivity index (χ2v) is 5.44. The van der Waals surface area contributed by atoms with Gasteiger partial charge in [0, 0.05) is 12.1 Å². The van der Waals surface area contributed by atoms with Crippen LogP contribution in [0.3, 0.4) is 0 Å². The van der Waals surface area contributed by atoms with Crippen LogP contribution in [0.15, 0.2) is 30.9 Å². The summed E-state index contributed by atoms with van der Waals surface area (Å²) in [5, 5.41) is 0.615. The number of benzene rings is 1. The van der Waals surface area contributed by atoms with E-state index < -0.39 is 0 Å². The number of nitrogens with zero attached hydrogens (tertiary/aromatic N) is 4. The molecule has 2 aromatic heterocycles. The van der Waals surface area contributed by atoms with Crippen molar-refractivity contribution in [2.24, 2.45) is 0 Å². The van der Waals surface area contributed by atoms with Crippen molar-refractivity contribution in [1.29, 1.82) is 0 Å². The maximum atomic E-state index is 6.33. The molecule has 3 aromatic rings. The smallest absolute Gasteiger partial charge is 0.163 e. The molecular weight excluding hydrogens is 300 g/mol. The highest BCUT2D eigenvalue weighted by molar-refractivity contribution is 6.33. The Balaban J connectivity index is 2.13. The van der Waals surface area contributed by atoms with Crippen LogP contribution in [0, 0.1) is 0 Å². The molecule has 0 aliphatic carbocycles. The summed E-state index contributed by atoms with van der Waals surface area (Å²) in [4.78, 5) is 13.2. The third-order valence-electron chi connectivity index (χ3n) is 3.58. The van der Waals surface area contributed by atoms with E-state index in [4.69, 9.17) is 16.3 Å². The Hall–Kier alpha value is -2.14. The first-order chi connectivity index (χ1) is 10.7. The van der Waals surface area contributed by atoms with Crippen molar-refractivity contribution >= 4 is 22.8 Å². The average molecular weight is 317 g/mol. The van der Waals surface area contributed by atoms with E-state index in [0.29, 0.717) is 5.02 Å². The summed E-state index contributed by atoms with van der Waals surface area (Å²) in [5.74, 6) is 0.733. The van der Waals surface area contributed by atoms with E-state index in [0.717, 1.165) is 47.6 Å². The van der Waals surface area contributed by atoms with Crippen molar-refractivity contribution in [2.75, 3.05) is 7.11 Å². The molecule has 114 valence electrons. The topological polar surface area (TPSA) is 52.8 Å². The van der Waals surface area contributed by atoms with Crippen LogP contribution in [-0.2, 0) is 6.54 Å². The zero-order valence-corrected chi connectivity index (χ0v) is 13.3. The van der Waals surface area contributed by atoms with E-state index in [-0.39, 0.29) is 0 Å². The van der Waals surface area contributed by atoms with E-state index in [1.54, 1.807) is 19.5 Å². The van der Waals surface area contributed by atoms with Gasteiger partial charge in [-0.25, -0.2) is 15.0 Å². The fourth-order valence-corrected chi connectivity index (χ4v) is 2.59. The summed E-state index contributed by atoms with van der Waals surface area (Å²) in [6.45, 7) is 3.06. The molecule has 0 atom stereocenters. The van der Waals surface area contributed by atoms with Crippen molar-refractivity contribution in [3.63, 3.8) is 0 Å². The summed E-state index contributed by atoms with van der Waals surface area (Å²) >= 11 is 6.33. The highest BCUT2D eigenvalue weighted by Gasteiger charge is 2.14. The van der Waals surface area contributed by atoms with Gasteiger partial charge >= 0.3 is 0 Å². The van der Waals surface area contributed by atoms with E-state index in [1.807, 2.05) is 18.5 Å². The number of rotatable bonds is 5. The normalized spacial score (nSPS) is 11.0. The van der Waals surface area contributed by atoms with Crippen molar-refractivity contribution < 1.29 is 4.74 Å². The molecule has 0 fully saturated rings. The van der Waals surface area contributed by atoms with Gasteiger partial charge in [-0.1, -0.05) is 24.9 Å². The standard InChI is InChI=1S/C16H17ClN4O/c1-3-4-7-21-10-20-15-14(18-9-19-16(15)21)12-8-11(22-2)5-6-13(12)17/h5-6,8-10H,3-4,7H2,1-2H3. The molecule has 0 N–H and O–H groups in total. The summed E-state index contributed by atoms with van der Waals surface area (Å²) in [7, 11) is 1.63.